The molecule has 0 bridgehead atoms. The summed E-state index contributed by atoms with van der Waals surface area (Å²) in [5.74, 6) is 0. The maximum atomic E-state index is 5.74. The van der Waals surface area contributed by atoms with Gasteiger partial charge in [-0.3, -0.25) is 0 Å². The minimum absolute atomic E-state index is 0.725. The maximum absolute atomic E-state index is 5.74. The van der Waals surface area contributed by atoms with Crippen LogP contribution in [0.4, 0.5) is 5.69 Å². The van der Waals surface area contributed by atoms with E-state index in [4.69, 9.17) is 5.73 Å². The highest BCUT2D eigenvalue weighted by atomic mass is 79.9. The molecule has 2 N–H and O–H groups in total. The van der Waals surface area contributed by atoms with E-state index in [2.05, 4.69) is 29.1 Å². The molecule has 0 radical (unpaired) electrons. The molecule has 12 heavy (non-hydrogen) atoms. The lowest BCUT2D eigenvalue weighted by Crippen LogP contribution is -1.92. The fraction of sp³-hybridized carbons (Fsp3) is 0. The van der Waals surface area contributed by atoms with E-state index < -0.39 is 0 Å². The molecule has 0 amide bonds. The Bertz CT molecular complexity index is 296. The largest absolute Gasteiger partial charge is 0.398 e. The van der Waals surface area contributed by atoms with Crippen molar-refractivity contribution in [2.75, 3.05) is 5.73 Å². The second-order valence-electron chi connectivity index (χ2n) is 2.37. The van der Waals surface area contributed by atoms with Crippen molar-refractivity contribution in [3.8, 4) is 0 Å². The number of benzene rings is 1. The zero-order chi connectivity index (χ0) is 9.14. The van der Waals surface area contributed by atoms with Crippen molar-refractivity contribution in [3.63, 3.8) is 0 Å². The molecule has 0 fully saturated rings. The van der Waals surface area contributed by atoms with E-state index in [1.165, 1.54) is 0 Å². The van der Waals surface area contributed by atoms with Crippen molar-refractivity contribution in [2.24, 2.45) is 0 Å². The van der Waals surface area contributed by atoms with Gasteiger partial charge in [0.1, 0.15) is 0 Å². The van der Waals surface area contributed by atoms with Crippen molar-refractivity contribution in [1.82, 2.24) is 0 Å². The van der Waals surface area contributed by atoms with Gasteiger partial charge < -0.3 is 5.73 Å². The number of nitrogen functional groups attached to an aromatic ring is 1. The minimum atomic E-state index is 0.725. The quantitative estimate of drug-likeness (QED) is 0.766. The van der Waals surface area contributed by atoms with Crippen molar-refractivity contribution in [2.45, 2.75) is 0 Å². The molecule has 2 heteroatoms. The Hall–Kier alpha value is -1.02. The topological polar surface area (TPSA) is 26.0 Å². The van der Waals surface area contributed by atoms with Gasteiger partial charge in [-0.15, -0.1) is 0 Å². The first-order valence-corrected chi connectivity index (χ1v) is 4.33. The van der Waals surface area contributed by atoms with Gasteiger partial charge in [0.25, 0.3) is 0 Å². The average Bonchev–Trinajstić information content (AvgIpc) is 2.08. The molecule has 0 aromatic heterocycles. The van der Waals surface area contributed by atoms with Crippen LogP contribution in [0, 0.1) is 0 Å². The lowest BCUT2D eigenvalue weighted by Gasteiger charge is -2.06. The number of halogens is 1. The molecule has 0 saturated carbocycles. The normalized spacial score (nSPS) is 9.42. The molecule has 0 aliphatic carbocycles. The third-order valence-electron chi connectivity index (χ3n) is 1.68. The Kier molecular flexibility index (Phi) is 2.71. The minimum Gasteiger partial charge on any atom is -0.398 e. The molecule has 0 heterocycles. The van der Waals surface area contributed by atoms with E-state index in [-0.39, 0.29) is 0 Å². The second-order valence-corrected chi connectivity index (χ2v) is 3.23. The third-order valence-corrected chi connectivity index (χ3v) is 2.37. The van der Waals surface area contributed by atoms with E-state index in [0.717, 1.165) is 21.3 Å². The predicted molar refractivity (Wildman–Crippen MR) is 58.7 cm³/mol. The van der Waals surface area contributed by atoms with Crippen LogP contribution in [0.3, 0.4) is 0 Å². The van der Waals surface area contributed by atoms with Crippen LogP contribution in [-0.2, 0) is 0 Å². The lowest BCUT2D eigenvalue weighted by molar-refractivity contribution is 1.56. The third kappa shape index (κ3) is 1.43. The molecule has 1 aromatic rings. The van der Waals surface area contributed by atoms with Crippen LogP contribution in [-0.4, -0.2) is 0 Å². The number of hydrogen-bond donors (Lipinski definition) is 1. The molecule has 0 aliphatic heterocycles. The highest BCUT2D eigenvalue weighted by Crippen LogP contribution is 2.27. The first-order valence-electron chi connectivity index (χ1n) is 3.53. The number of rotatable bonds is 2. The fourth-order valence-corrected chi connectivity index (χ4v) is 1.57. The van der Waals surface area contributed by atoms with Crippen LogP contribution >= 0.6 is 15.9 Å². The average molecular weight is 224 g/mol. The van der Waals surface area contributed by atoms with E-state index in [9.17, 15) is 0 Å². The zero-order valence-electron chi connectivity index (χ0n) is 6.68. The standard InChI is InChI=1S/C10H10BrN/c1-3-7-8(4-2)10(12)6-5-9(7)11/h3-6H,1-2,12H2. The van der Waals surface area contributed by atoms with Crippen molar-refractivity contribution >= 4 is 33.8 Å². The summed E-state index contributed by atoms with van der Waals surface area (Å²) in [4.78, 5) is 0. The molecular formula is C10H10BrN. The summed E-state index contributed by atoms with van der Waals surface area (Å²) in [6, 6.07) is 3.74. The Balaban J connectivity index is 3.48. The number of anilines is 1. The van der Waals surface area contributed by atoms with Crippen LogP contribution in [0.25, 0.3) is 12.2 Å². The van der Waals surface area contributed by atoms with Gasteiger partial charge in [0.15, 0.2) is 0 Å². The van der Waals surface area contributed by atoms with Crippen LogP contribution in [0.15, 0.2) is 29.8 Å². The van der Waals surface area contributed by atoms with Crippen LogP contribution in [0.5, 0.6) is 0 Å². The molecule has 0 atom stereocenters. The van der Waals surface area contributed by atoms with Gasteiger partial charge in [-0.25, -0.2) is 0 Å². The maximum Gasteiger partial charge on any atom is 0.0394 e. The van der Waals surface area contributed by atoms with Crippen LogP contribution in [0.1, 0.15) is 11.1 Å². The predicted octanol–water partition coefficient (Wildman–Crippen LogP) is 3.32. The smallest absolute Gasteiger partial charge is 0.0394 e. The van der Waals surface area contributed by atoms with Crippen molar-refractivity contribution < 1.29 is 0 Å². The monoisotopic (exact) mass is 223 g/mol. The van der Waals surface area contributed by atoms with Gasteiger partial charge in [0, 0.05) is 15.7 Å². The summed E-state index contributed by atoms with van der Waals surface area (Å²) in [7, 11) is 0. The summed E-state index contributed by atoms with van der Waals surface area (Å²) >= 11 is 3.41. The van der Waals surface area contributed by atoms with Crippen LogP contribution < -0.4 is 5.73 Å². The molecule has 0 unspecified atom stereocenters. The highest BCUT2D eigenvalue weighted by Gasteiger charge is 2.03. The zero-order valence-corrected chi connectivity index (χ0v) is 8.26. The van der Waals surface area contributed by atoms with Gasteiger partial charge >= 0.3 is 0 Å². The Morgan fingerprint density at radius 3 is 2.17 bits per heavy atom. The summed E-state index contributed by atoms with van der Waals surface area (Å²) in [6.07, 6.45) is 3.49. The number of hydrogen-bond acceptors (Lipinski definition) is 1. The molecule has 0 spiro atoms. The van der Waals surface area contributed by atoms with Gasteiger partial charge in [-0.1, -0.05) is 41.2 Å². The first-order chi connectivity index (χ1) is 5.70. The fourth-order valence-electron chi connectivity index (χ4n) is 1.06. The summed E-state index contributed by atoms with van der Waals surface area (Å²) in [5, 5.41) is 0. The van der Waals surface area contributed by atoms with Crippen molar-refractivity contribution in [3.05, 3.63) is 40.9 Å². The van der Waals surface area contributed by atoms with E-state index in [0.29, 0.717) is 0 Å². The van der Waals surface area contributed by atoms with Gasteiger partial charge in [0.05, 0.1) is 0 Å². The van der Waals surface area contributed by atoms with E-state index >= 15 is 0 Å². The highest BCUT2D eigenvalue weighted by molar-refractivity contribution is 9.10. The van der Waals surface area contributed by atoms with Gasteiger partial charge in [-0.05, 0) is 17.7 Å². The van der Waals surface area contributed by atoms with E-state index in [1.54, 1.807) is 12.2 Å². The van der Waals surface area contributed by atoms with Crippen LogP contribution in [0.2, 0.25) is 0 Å². The SMILES string of the molecule is C=Cc1c(N)ccc(Br)c1C=C. The molecule has 1 aromatic carbocycles. The molecule has 1 rings (SSSR count). The summed E-state index contributed by atoms with van der Waals surface area (Å²) in [5.41, 5.74) is 8.38. The molecular weight excluding hydrogens is 214 g/mol. The molecule has 62 valence electrons. The second kappa shape index (κ2) is 3.59. The van der Waals surface area contributed by atoms with Gasteiger partial charge in [0.2, 0.25) is 0 Å². The Labute approximate surface area is 80.7 Å². The first kappa shape index (κ1) is 9.07. The summed E-state index contributed by atoms with van der Waals surface area (Å²) in [6.45, 7) is 7.40. The number of nitrogens with two attached hydrogens (primary N) is 1. The Morgan fingerprint density at radius 1 is 1.17 bits per heavy atom. The Morgan fingerprint density at radius 2 is 1.75 bits per heavy atom. The van der Waals surface area contributed by atoms with Gasteiger partial charge in [-0.2, -0.15) is 0 Å². The molecule has 0 aliphatic rings. The lowest BCUT2D eigenvalue weighted by atomic mass is 10.1. The summed E-state index contributed by atoms with van der Waals surface area (Å²) < 4.78 is 0.988. The van der Waals surface area contributed by atoms with E-state index in [1.807, 2.05) is 12.1 Å². The van der Waals surface area contributed by atoms with Crippen molar-refractivity contribution in [1.29, 1.82) is 0 Å². The molecule has 1 nitrogen and oxygen atoms in total. The molecule has 0 saturated heterocycles.